The molecule has 3 rings (SSSR count). The molecule has 0 saturated carbocycles. The molecule has 24 heavy (non-hydrogen) atoms. The van der Waals surface area contributed by atoms with E-state index in [-0.39, 0.29) is 24.6 Å². The van der Waals surface area contributed by atoms with E-state index in [1.165, 1.54) is 4.90 Å². The molecule has 7 heteroatoms. The van der Waals surface area contributed by atoms with Crippen LogP contribution >= 0.6 is 34.8 Å². The van der Waals surface area contributed by atoms with Gasteiger partial charge in [-0.15, -0.1) is 0 Å². The van der Waals surface area contributed by atoms with Gasteiger partial charge >= 0.3 is 5.97 Å². The van der Waals surface area contributed by atoms with Crippen LogP contribution in [0.2, 0.25) is 15.1 Å². The van der Waals surface area contributed by atoms with Crippen LogP contribution in [0.3, 0.4) is 0 Å². The zero-order valence-corrected chi connectivity index (χ0v) is 14.6. The van der Waals surface area contributed by atoms with Gasteiger partial charge in [-0.25, -0.2) is 0 Å². The highest BCUT2D eigenvalue weighted by Gasteiger charge is 2.37. The number of rotatable bonds is 3. The SMILES string of the molecule is O=C(Oc1ccccc1Cl)[C@H]1CC(=O)N(c2cc(Cl)ccc2Cl)C1. The predicted molar refractivity (Wildman–Crippen MR) is 94.0 cm³/mol. The molecule has 0 radical (unpaired) electrons. The maximum absolute atomic E-state index is 12.3. The van der Waals surface area contributed by atoms with Gasteiger partial charge in [0.25, 0.3) is 0 Å². The lowest BCUT2D eigenvalue weighted by atomic mass is 10.1. The Kier molecular flexibility index (Phi) is 4.99. The van der Waals surface area contributed by atoms with Crippen molar-refractivity contribution in [2.24, 2.45) is 5.92 Å². The third-order valence-corrected chi connectivity index (χ3v) is 4.57. The van der Waals surface area contributed by atoms with Gasteiger partial charge in [-0.05, 0) is 30.3 Å². The lowest BCUT2D eigenvalue weighted by Gasteiger charge is -2.18. The Morgan fingerprint density at radius 2 is 1.83 bits per heavy atom. The number of halogens is 3. The largest absolute Gasteiger partial charge is 0.425 e. The molecule has 0 N–H and O–H groups in total. The molecular formula is C17H12Cl3NO3. The van der Waals surface area contributed by atoms with Gasteiger partial charge in [0.1, 0.15) is 5.75 Å². The standard InChI is InChI=1S/C17H12Cl3NO3/c18-11-5-6-12(19)14(8-11)21-9-10(7-16(21)22)17(23)24-15-4-2-1-3-13(15)20/h1-6,8,10H,7,9H2/t10-/m0/s1. The lowest BCUT2D eigenvalue weighted by molar-refractivity contribution is -0.139. The third-order valence-electron chi connectivity index (χ3n) is 3.70. The highest BCUT2D eigenvalue weighted by Crippen LogP contribution is 2.34. The Morgan fingerprint density at radius 3 is 2.58 bits per heavy atom. The molecule has 0 aromatic heterocycles. The number of esters is 1. The van der Waals surface area contributed by atoms with Crippen LogP contribution < -0.4 is 9.64 Å². The zero-order chi connectivity index (χ0) is 17.3. The molecule has 0 unspecified atom stereocenters. The summed E-state index contributed by atoms with van der Waals surface area (Å²) in [7, 11) is 0. The van der Waals surface area contributed by atoms with Crippen LogP contribution in [0.4, 0.5) is 5.69 Å². The molecule has 1 heterocycles. The average molecular weight is 385 g/mol. The van der Waals surface area contributed by atoms with Crippen LogP contribution in [0, 0.1) is 5.92 Å². The summed E-state index contributed by atoms with van der Waals surface area (Å²) in [5, 5.41) is 1.20. The Morgan fingerprint density at radius 1 is 1.08 bits per heavy atom. The molecule has 2 aromatic carbocycles. The van der Waals surface area contributed by atoms with Gasteiger partial charge in [0.2, 0.25) is 5.91 Å². The number of ether oxygens (including phenoxy) is 1. The summed E-state index contributed by atoms with van der Waals surface area (Å²) in [5.74, 6) is -1.03. The third kappa shape index (κ3) is 3.51. The second-order valence-electron chi connectivity index (χ2n) is 5.35. The quantitative estimate of drug-likeness (QED) is 0.574. The van der Waals surface area contributed by atoms with Crippen LogP contribution in [0.1, 0.15) is 6.42 Å². The summed E-state index contributed by atoms with van der Waals surface area (Å²) in [6, 6.07) is 11.5. The minimum absolute atomic E-state index is 0.0477. The number of anilines is 1. The fraction of sp³-hybridized carbons (Fsp3) is 0.176. The molecule has 1 atom stereocenters. The van der Waals surface area contributed by atoms with E-state index < -0.39 is 11.9 Å². The van der Waals surface area contributed by atoms with Crippen LogP contribution in [-0.2, 0) is 9.59 Å². The molecule has 1 aliphatic heterocycles. The number of carbonyl (C=O) groups is 2. The van der Waals surface area contributed by atoms with E-state index in [9.17, 15) is 9.59 Å². The Labute approximate surface area is 153 Å². The van der Waals surface area contributed by atoms with Crippen molar-refractivity contribution in [1.29, 1.82) is 0 Å². The molecule has 1 fully saturated rings. The normalized spacial score (nSPS) is 17.2. The summed E-state index contributed by atoms with van der Waals surface area (Å²) in [4.78, 5) is 26.0. The van der Waals surface area contributed by atoms with Crippen molar-refractivity contribution in [3.63, 3.8) is 0 Å². The number of amides is 1. The lowest BCUT2D eigenvalue weighted by Crippen LogP contribution is -2.27. The summed E-state index contributed by atoms with van der Waals surface area (Å²) >= 11 is 18.1. The van der Waals surface area contributed by atoms with E-state index in [2.05, 4.69) is 0 Å². The Hall–Kier alpha value is -1.75. The maximum Gasteiger partial charge on any atom is 0.316 e. The van der Waals surface area contributed by atoms with E-state index in [0.29, 0.717) is 20.8 Å². The first-order chi connectivity index (χ1) is 11.5. The van der Waals surface area contributed by atoms with Crippen molar-refractivity contribution in [2.75, 3.05) is 11.4 Å². The summed E-state index contributed by atoms with van der Waals surface area (Å²) in [6.07, 6.45) is 0.0477. The Bertz CT molecular complexity index is 809. The van der Waals surface area contributed by atoms with Gasteiger partial charge in [-0.2, -0.15) is 0 Å². The second-order valence-corrected chi connectivity index (χ2v) is 6.60. The summed E-state index contributed by atoms with van der Waals surface area (Å²) < 4.78 is 5.31. The maximum atomic E-state index is 12.3. The highest BCUT2D eigenvalue weighted by atomic mass is 35.5. The zero-order valence-electron chi connectivity index (χ0n) is 12.3. The minimum atomic E-state index is -0.594. The van der Waals surface area contributed by atoms with Gasteiger partial charge in [0.05, 0.1) is 21.7 Å². The number of carbonyl (C=O) groups excluding carboxylic acids is 2. The first kappa shape index (κ1) is 17.1. The summed E-state index contributed by atoms with van der Waals surface area (Å²) in [5.41, 5.74) is 0.488. The average Bonchev–Trinajstić information content (AvgIpc) is 2.94. The van der Waals surface area contributed by atoms with Crippen LogP contribution in [0.5, 0.6) is 5.75 Å². The molecule has 124 valence electrons. The van der Waals surface area contributed by atoms with Gasteiger partial charge in [-0.3, -0.25) is 9.59 Å². The fourth-order valence-electron chi connectivity index (χ4n) is 2.51. The first-order valence-electron chi connectivity index (χ1n) is 7.17. The smallest absolute Gasteiger partial charge is 0.316 e. The summed E-state index contributed by atoms with van der Waals surface area (Å²) in [6.45, 7) is 0.183. The van der Waals surface area contributed by atoms with Gasteiger partial charge in [0.15, 0.2) is 0 Å². The predicted octanol–water partition coefficient (Wildman–Crippen LogP) is 4.61. The van der Waals surface area contributed by atoms with Crippen molar-refractivity contribution in [1.82, 2.24) is 0 Å². The van der Waals surface area contributed by atoms with Gasteiger partial charge < -0.3 is 9.64 Å². The molecule has 1 saturated heterocycles. The fourth-order valence-corrected chi connectivity index (χ4v) is 3.07. The number of nitrogens with zero attached hydrogens (tertiary/aromatic N) is 1. The van der Waals surface area contributed by atoms with Gasteiger partial charge in [0, 0.05) is 18.0 Å². The van der Waals surface area contributed by atoms with Crippen LogP contribution in [0.25, 0.3) is 0 Å². The van der Waals surface area contributed by atoms with Crippen molar-refractivity contribution < 1.29 is 14.3 Å². The van der Waals surface area contributed by atoms with E-state index in [0.717, 1.165) is 0 Å². The van der Waals surface area contributed by atoms with Crippen LogP contribution in [-0.4, -0.2) is 18.4 Å². The monoisotopic (exact) mass is 383 g/mol. The van der Waals surface area contributed by atoms with E-state index in [1.54, 1.807) is 42.5 Å². The number of hydrogen-bond acceptors (Lipinski definition) is 3. The minimum Gasteiger partial charge on any atom is -0.425 e. The van der Waals surface area contributed by atoms with E-state index in [4.69, 9.17) is 39.5 Å². The number of hydrogen-bond donors (Lipinski definition) is 0. The van der Waals surface area contributed by atoms with Crippen molar-refractivity contribution >= 4 is 52.4 Å². The van der Waals surface area contributed by atoms with Crippen molar-refractivity contribution in [3.8, 4) is 5.75 Å². The van der Waals surface area contributed by atoms with Gasteiger partial charge in [-0.1, -0.05) is 46.9 Å². The second kappa shape index (κ2) is 7.01. The van der Waals surface area contributed by atoms with Crippen LogP contribution in [0.15, 0.2) is 42.5 Å². The molecule has 0 bridgehead atoms. The molecule has 1 amide bonds. The number of para-hydroxylation sites is 1. The highest BCUT2D eigenvalue weighted by molar-refractivity contribution is 6.36. The molecule has 2 aromatic rings. The first-order valence-corrected chi connectivity index (χ1v) is 8.30. The topological polar surface area (TPSA) is 46.6 Å². The number of benzene rings is 2. The Balaban J connectivity index is 1.76. The molecule has 0 aliphatic carbocycles. The van der Waals surface area contributed by atoms with E-state index >= 15 is 0 Å². The van der Waals surface area contributed by atoms with Crippen molar-refractivity contribution in [2.45, 2.75) is 6.42 Å². The molecule has 0 spiro atoms. The van der Waals surface area contributed by atoms with E-state index in [1.807, 2.05) is 0 Å². The molecule has 4 nitrogen and oxygen atoms in total. The van der Waals surface area contributed by atoms with Crippen molar-refractivity contribution in [3.05, 3.63) is 57.5 Å². The molecular weight excluding hydrogens is 373 g/mol. The molecule has 1 aliphatic rings.